The molecule has 0 saturated carbocycles. The van der Waals surface area contributed by atoms with Crippen molar-refractivity contribution in [3.63, 3.8) is 0 Å². The van der Waals surface area contributed by atoms with Crippen molar-refractivity contribution in [3.8, 4) is 0 Å². The second-order valence-corrected chi connectivity index (χ2v) is 24.4. The van der Waals surface area contributed by atoms with Crippen molar-refractivity contribution in [2.75, 3.05) is 6.61 Å². The maximum atomic E-state index is 14.0. The topological polar surface area (TPSA) is 103 Å². The molecule has 12 heteroatoms. The predicted molar refractivity (Wildman–Crippen MR) is 212 cm³/mol. The van der Waals surface area contributed by atoms with E-state index in [1.54, 1.807) is 0 Å². The first-order valence-electron chi connectivity index (χ1n) is 18.1. The van der Waals surface area contributed by atoms with E-state index in [2.05, 4.69) is 65.8 Å². The first-order chi connectivity index (χ1) is 25.6. The van der Waals surface area contributed by atoms with Crippen LogP contribution in [0.25, 0.3) is 0 Å². The fourth-order valence-electron chi connectivity index (χ4n) is 7.94. The number of halogens is 2. The molecule has 0 unspecified atom stereocenters. The molecule has 1 fully saturated rings. The Hall–Kier alpha value is -4.31. The summed E-state index contributed by atoms with van der Waals surface area (Å²) < 4.78 is 50.2. The number of H-pyrrole nitrogens is 1. The number of hydrogen-bond acceptors (Lipinski definition) is 6. The number of alkyl halides is 2. The van der Waals surface area contributed by atoms with Gasteiger partial charge >= 0.3 is 5.69 Å². The zero-order valence-electron chi connectivity index (χ0n) is 31.4. The summed E-state index contributed by atoms with van der Waals surface area (Å²) in [4.78, 5) is 27.6. The summed E-state index contributed by atoms with van der Waals surface area (Å²) >= 11 is 0. The molecule has 1 aliphatic heterocycles. The second-order valence-electron chi connectivity index (χ2n) is 15.8. The van der Waals surface area contributed by atoms with E-state index in [1.165, 1.54) is 0 Å². The van der Waals surface area contributed by atoms with Crippen LogP contribution in [0.5, 0.6) is 0 Å². The van der Waals surface area contributed by atoms with E-state index in [0.717, 1.165) is 31.5 Å². The van der Waals surface area contributed by atoms with E-state index in [9.17, 15) is 23.5 Å². The van der Waals surface area contributed by atoms with Crippen molar-refractivity contribution in [2.45, 2.75) is 82.6 Å². The average Bonchev–Trinajstić information content (AvgIpc) is 3.44. The molecule has 0 aliphatic carbocycles. The van der Waals surface area contributed by atoms with Gasteiger partial charge in [0, 0.05) is 6.20 Å². The van der Waals surface area contributed by atoms with E-state index in [1.807, 2.05) is 102 Å². The van der Waals surface area contributed by atoms with Crippen molar-refractivity contribution < 1.29 is 27.5 Å². The second kappa shape index (κ2) is 15.4. The van der Waals surface area contributed by atoms with Crippen molar-refractivity contribution >= 4 is 37.4 Å². The molecule has 5 aromatic rings. The normalized spacial score (nSPS) is 19.7. The molecule has 2 heterocycles. The number of benzene rings is 4. The summed E-state index contributed by atoms with van der Waals surface area (Å²) in [7, 11) is -6.52. The monoisotopic (exact) mass is 770 g/mol. The van der Waals surface area contributed by atoms with Crippen LogP contribution >= 0.6 is 0 Å². The highest BCUT2D eigenvalue weighted by Crippen LogP contribution is 2.43. The van der Waals surface area contributed by atoms with Crippen LogP contribution in [0.15, 0.2) is 137 Å². The lowest BCUT2D eigenvalue weighted by Gasteiger charge is -2.46. The molecular formula is C42H48F2N2O6Si2. The Bertz CT molecular complexity index is 2040. The van der Waals surface area contributed by atoms with Gasteiger partial charge in [-0.1, -0.05) is 163 Å². The molecule has 1 aliphatic rings. The third kappa shape index (κ3) is 7.14. The third-order valence-electron chi connectivity index (χ3n) is 10.4. The van der Waals surface area contributed by atoms with Crippen molar-refractivity contribution in [1.29, 1.82) is 0 Å². The Balaban J connectivity index is 1.53. The van der Waals surface area contributed by atoms with Gasteiger partial charge in [-0.05, 0) is 30.8 Å². The number of aliphatic hydroxyl groups is 1. The van der Waals surface area contributed by atoms with Crippen LogP contribution in [0.4, 0.5) is 8.78 Å². The van der Waals surface area contributed by atoms with Crippen LogP contribution in [0.3, 0.4) is 0 Å². The minimum absolute atomic E-state index is 0.0660. The summed E-state index contributed by atoms with van der Waals surface area (Å²) in [6.45, 7) is 12.7. The molecule has 4 aromatic carbocycles. The third-order valence-corrected chi connectivity index (χ3v) is 20.5. The van der Waals surface area contributed by atoms with Gasteiger partial charge in [0.15, 0.2) is 6.23 Å². The van der Waals surface area contributed by atoms with Gasteiger partial charge in [-0.25, -0.2) is 13.6 Å². The van der Waals surface area contributed by atoms with Gasteiger partial charge < -0.3 is 18.7 Å². The van der Waals surface area contributed by atoms with Gasteiger partial charge in [-0.2, -0.15) is 0 Å². The van der Waals surface area contributed by atoms with Gasteiger partial charge in [0.1, 0.15) is 18.3 Å². The minimum atomic E-state index is -3.37. The predicted octanol–water partition coefficient (Wildman–Crippen LogP) is 5.25. The van der Waals surface area contributed by atoms with E-state index in [-0.39, 0.29) is 6.61 Å². The number of aliphatic hydroxyl groups excluding tert-OH is 1. The summed E-state index contributed by atoms with van der Waals surface area (Å²) in [5, 5.41) is 15.4. The number of aromatic amines is 1. The summed E-state index contributed by atoms with van der Waals surface area (Å²) in [6, 6.07) is 39.9. The molecule has 8 nitrogen and oxygen atoms in total. The zero-order chi connectivity index (χ0) is 38.9. The maximum Gasteiger partial charge on any atom is 0.330 e. The van der Waals surface area contributed by atoms with E-state index in [0.29, 0.717) is 0 Å². The van der Waals surface area contributed by atoms with Crippen LogP contribution in [0, 0.1) is 0 Å². The molecule has 4 atom stereocenters. The molecule has 0 amide bonds. The van der Waals surface area contributed by atoms with Crippen molar-refractivity contribution in [3.05, 3.63) is 154 Å². The highest BCUT2D eigenvalue weighted by molar-refractivity contribution is 7.00. The lowest BCUT2D eigenvalue weighted by atomic mass is 10.1. The van der Waals surface area contributed by atoms with Crippen LogP contribution in [0.2, 0.25) is 10.1 Å². The Morgan fingerprint density at radius 1 is 0.722 bits per heavy atom. The van der Waals surface area contributed by atoms with Gasteiger partial charge in [-0.15, -0.1) is 0 Å². The van der Waals surface area contributed by atoms with Crippen LogP contribution in [0.1, 0.15) is 59.8 Å². The number of ether oxygens (including phenoxy) is 1. The highest BCUT2D eigenvalue weighted by atomic mass is 28.4. The van der Waals surface area contributed by atoms with Gasteiger partial charge in [-0.3, -0.25) is 14.3 Å². The lowest BCUT2D eigenvalue weighted by Crippen LogP contribution is -2.69. The molecule has 0 bridgehead atoms. The summed E-state index contributed by atoms with van der Waals surface area (Å²) in [5.74, 6) is 0. The SMILES string of the molecule is CC(C)(C)[Si](OC[C@H]1O[C@@H](n2cc(C(F)F)c(=O)[nH]c2=O)[C@H](O)[C@@H]1O[Si](c1ccccc1)(c1ccccc1)C(C)(C)C)(c1ccccc1)c1ccccc1. The molecule has 6 rings (SSSR count). The molecule has 2 N–H and O–H groups in total. The standard InChI is InChI=1S/C42H48F2N2O6Si2/c1-41(2,3)53(29-19-11-7-12-20-29,30-21-13-8-14-22-30)50-28-34-36(35(47)39(51-34)46-27-33(37(43)44)38(48)45-40(46)49)52-54(42(4,5)6,31-23-15-9-16-24-31)32-25-17-10-18-26-32/h7-27,34-37,39,47H,28H2,1-6H3,(H,45,48,49)/t34-,35-,36-,39-/m1/s1. The molecule has 0 spiro atoms. The smallest absolute Gasteiger partial charge is 0.330 e. The number of nitrogens with zero attached hydrogens (tertiary/aromatic N) is 1. The molecule has 1 aromatic heterocycles. The van der Waals surface area contributed by atoms with Gasteiger partial charge in [0.25, 0.3) is 28.6 Å². The molecule has 284 valence electrons. The van der Waals surface area contributed by atoms with Crippen LogP contribution in [-0.2, 0) is 13.6 Å². The molecule has 0 radical (unpaired) electrons. The zero-order valence-corrected chi connectivity index (χ0v) is 33.4. The van der Waals surface area contributed by atoms with Gasteiger partial charge in [0.2, 0.25) is 0 Å². The average molecular weight is 771 g/mol. The first kappa shape index (κ1) is 39.4. The van der Waals surface area contributed by atoms with E-state index < -0.39 is 74.5 Å². The fourth-order valence-corrected chi connectivity index (χ4v) is 17.2. The van der Waals surface area contributed by atoms with E-state index >= 15 is 0 Å². The van der Waals surface area contributed by atoms with Crippen LogP contribution in [-0.4, -0.2) is 56.2 Å². The molecule has 54 heavy (non-hydrogen) atoms. The number of hydrogen-bond donors (Lipinski definition) is 2. The maximum absolute atomic E-state index is 14.0. The Labute approximate surface area is 316 Å². The largest absolute Gasteiger partial charge is 0.405 e. The lowest BCUT2D eigenvalue weighted by molar-refractivity contribution is -0.0528. The Kier molecular flexibility index (Phi) is 11.3. The summed E-state index contributed by atoms with van der Waals surface area (Å²) in [6.07, 6.45) is -7.50. The summed E-state index contributed by atoms with van der Waals surface area (Å²) in [5.41, 5.74) is -3.11. The number of nitrogens with one attached hydrogen (secondary N) is 1. The van der Waals surface area contributed by atoms with Crippen LogP contribution < -0.4 is 32.0 Å². The fraction of sp³-hybridized carbons (Fsp3) is 0.333. The quantitative estimate of drug-likeness (QED) is 0.178. The minimum Gasteiger partial charge on any atom is -0.405 e. The van der Waals surface area contributed by atoms with Crippen molar-refractivity contribution in [2.24, 2.45) is 0 Å². The molecule has 1 saturated heterocycles. The Morgan fingerprint density at radius 2 is 1.13 bits per heavy atom. The van der Waals surface area contributed by atoms with Crippen molar-refractivity contribution in [1.82, 2.24) is 9.55 Å². The van der Waals surface area contributed by atoms with Gasteiger partial charge in [0.05, 0.1) is 12.2 Å². The Morgan fingerprint density at radius 3 is 1.52 bits per heavy atom. The first-order valence-corrected chi connectivity index (χ1v) is 21.9. The molecular weight excluding hydrogens is 723 g/mol. The van der Waals surface area contributed by atoms with E-state index in [4.69, 9.17) is 13.6 Å². The number of aromatic nitrogens is 2. The number of rotatable bonds is 11. The highest BCUT2D eigenvalue weighted by Gasteiger charge is 2.58.